The molecule has 7 nitrogen and oxygen atoms in total. The number of hydrogen-bond donors (Lipinski definition) is 2. The van der Waals surface area contributed by atoms with Gasteiger partial charge in [-0.2, -0.15) is 0 Å². The Hall–Kier alpha value is -2.13. The average Bonchev–Trinajstić information content (AvgIpc) is 2.88. The summed E-state index contributed by atoms with van der Waals surface area (Å²) >= 11 is 0.738. The van der Waals surface area contributed by atoms with Crippen LogP contribution in [0.15, 0.2) is 27.9 Å². The lowest BCUT2D eigenvalue weighted by molar-refractivity contribution is 0.0687. The van der Waals surface area contributed by atoms with Crippen molar-refractivity contribution in [2.24, 2.45) is 0 Å². The molecule has 2 aromatic rings. The highest BCUT2D eigenvalue weighted by atomic mass is 32.2. The van der Waals surface area contributed by atoms with Gasteiger partial charge in [0.1, 0.15) is 5.75 Å². The number of carboxylic acid groups (broad SMARTS) is 1. The van der Waals surface area contributed by atoms with Crippen molar-refractivity contribution in [3.05, 3.63) is 35.0 Å². The van der Waals surface area contributed by atoms with Crippen LogP contribution < -0.4 is 9.46 Å². The summed E-state index contributed by atoms with van der Waals surface area (Å²) in [5, 5.41) is 8.96. The fraction of sp³-hybridized carbons (Fsp3) is 0.167. The first-order valence-corrected chi connectivity index (χ1v) is 8.05. The molecule has 112 valence electrons. The minimum atomic E-state index is -4.05. The number of thiazole rings is 1. The molecular weight excluding hydrogens is 316 g/mol. The molecule has 0 saturated heterocycles. The zero-order valence-electron chi connectivity index (χ0n) is 11.2. The summed E-state index contributed by atoms with van der Waals surface area (Å²) in [6.45, 7) is 1.80. The highest BCUT2D eigenvalue weighted by Crippen LogP contribution is 2.29. The third-order valence-corrected chi connectivity index (χ3v) is 5.32. The van der Waals surface area contributed by atoms with Gasteiger partial charge in [-0.25, -0.2) is 18.2 Å². The molecule has 0 radical (unpaired) electrons. The van der Waals surface area contributed by atoms with Gasteiger partial charge >= 0.3 is 5.97 Å². The number of nitrogens with zero attached hydrogens (tertiary/aromatic N) is 1. The summed E-state index contributed by atoms with van der Waals surface area (Å²) in [5.74, 6) is -1.06. The van der Waals surface area contributed by atoms with Crippen molar-refractivity contribution in [1.29, 1.82) is 0 Å². The van der Waals surface area contributed by atoms with Gasteiger partial charge in [0, 0.05) is 0 Å². The Kier molecular flexibility index (Phi) is 4.14. The molecule has 2 rings (SSSR count). The van der Waals surface area contributed by atoms with Crippen molar-refractivity contribution in [2.75, 3.05) is 11.8 Å². The number of sulfonamides is 1. The number of aryl methyl sites for hydroxylation is 1. The van der Waals surface area contributed by atoms with E-state index in [0.717, 1.165) is 16.9 Å². The number of hydrogen-bond acceptors (Lipinski definition) is 6. The van der Waals surface area contributed by atoms with Crippen molar-refractivity contribution >= 4 is 33.0 Å². The van der Waals surface area contributed by atoms with Crippen LogP contribution in [0.3, 0.4) is 0 Å². The van der Waals surface area contributed by atoms with Crippen LogP contribution in [0.1, 0.15) is 16.1 Å². The minimum Gasteiger partial charge on any atom is -0.495 e. The normalized spacial score (nSPS) is 11.1. The maximum Gasteiger partial charge on any atom is 0.356 e. The SMILES string of the molecule is COc1ccc(C)cc1NS(=O)(=O)c1scnc1C(=O)O. The number of anilines is 1. The summed E-state index contributed by atoms with van der Waals surface area (Å²) in [6, 6.07) is 4.99. The number of carbonyl (C=O) groups is 1. The van der Waals surface area contributed by atoms with Crippen LogP contribution in [0.5, 0.6) is 5.75 Å². The van der Waals surface area contributed by atoms with Gasteiger partial charge in [0.2, 0.25) is 0 Å². The first kappa shape index (κ1) is 15.3. The molecule has 0 spiro atoms. The second kappa shape index (κ2) is 5.70. The zero-order chi connectivity index (χ0) is 15.6. The summed E-state index contributed by atoms with van der Waals surface area (Å²) in [4.78, 5) is 14.5. The Morgan fingerprint density at radius 2 is 2.14 bits per heavy atom. The molecule has 0 aliphatic carbocycles. The van der Waals surface area contributed by atoms with E-state index in [4.69, 9.17) is 9.84 Å². The molecular formula is C12H12N2O5S2. The van der Waals surface area contributed by atoms with Gasteiger partial charge in [0.05, 0.1) is 18.3 Å². The highest BCUT2D eigenvalue weighted by molar-refractivity contribution is 7.94. The number of ether oxygens (including phenoxy) is 1. The zero-order valence-corrected chi connectivity index (χ0v) is 12.8. The molecule has 9 heteroatoms. The molecule has 0 saturated carbocycles. The monoisotopic (exact) mass is 328 g/mol. The van der Waals surface area contributed by atoms with Crippen LogP contribution in [-0.4, -0.2) is 31.6 Å². The van der Waals surface area contributed by atoms with Gasteiger partial charge in [0.25, 0.3) is 10.0 Å². The van der Waals surface area contributed by atoms with E-state index < -0.39 is 21.7 Å². The summed E-state index contributed by atoms with van der Waals surface area (Å²) in [5.41, 5.74) is 1.74. The third-order valence-electron chi connectivity index (χ3n) is 2.58. The Morgan fingerprint density at radius 3 is 2.76 bits per heavy atom. The first-order chi connectivity index (χ1) is 9.85. The minimum absolute atomic E-state index is 0.238. The molecule has 0 aliphatic rings. The quantitative estimate of drug-likeness (QED) is 0.869. The number of aromatic carboxylic acids is 1. The van der Waals surface area contributed by atoms with Crippen LogP contribution >= 0.6 is 11.3 Å². The van der Waals surface area contributed by atoms with E-state index in [1.165, 1.54) is 12.6 Å². The van der Waals surface area contributed by atoms with E-state index in [2.05, 4.69) is 9.71 Å². The molecule has 0 unspecified atom stereocenters. The number of aromatic nitrogens is 1. The van der Waals surface area contributed by atoms with Gasteiger partial charge in [-0.15, -0.1) is 11.3 Å². The van der Waals surface area contributed by atoms with E-state index in [-0.39, 0.29) is 9.90 Å². The Bertz CT molecular complexity index is 783. The smallest absolute Gasteiger partial charge is 0.356 e. The Labute approximate surface area is 125 Å². The molecule has 0 bridgehead atoms. The maximum atomic E-state index is 12.3. The van der Waals surface area contributed by atoms with Crippen LogP contribution in [0.2, 0.25) is 0 Å². The average molecular weight is 328 g/mol. The van der Waals surface area contributed by atoms with Gasteiger partial charge in [0.15, 0.2) is 9.90 Å². The van der Waals surface area contributed by atoms with E-state index in [1.807, 2.05) is 0 Å². The standard InChI is InChI=1S/C12H12N2O5S2/c1-7-3-4-9(19-2)8(5-7)14-21(17,18)12-10(11(15)16)13-6-20-12/h3-6,14H,1-2H3,(H,15,16). The molecule has 0 atom stereocenters. The fourth-order valence-corrected chi connectivity index (χ4v) is 3.86. The second-order valence-electron chi connectivity index (χ2n) is 4.10. The largest absolute Gasteiger partial charge is 0.495 e. The highest BCUT2D eigenvalue weighted by Gasteiger charge is 2.26. The van der Waals surface area contributed by atoms with Crippen LogP contribution in [0.25, 0.3) is 0 Å². The third kappa shape index (κ3) is 3.14. The van der Waals surface area contributed by atoms with Gasteiger partial charge in [-0.3, -0.25) is 4.72 Å². The van der Waals surface area contributed by atoms with Crippen molar-refractivity contribution in [1.82, 2.24) is 4.98 Å². The molecule has 1 aromatic heterocycles. The van der Waals surface area contributed by atoms with E-state index >= 15 is 0 Å². The van der Waals surface area contributed by atoms with Crippen molar-refractivity contribution in [3.8, 4) is 5.75 Å². The van der Waals surface area contributed by atoms with Gasteiger partial charge in [-0.05, 0) is 24.6 Å². The molecule has 1 aromatic carbocycles. The lowest BCUT2D eigenvalue weighted by Gasteiger charge is -2.11. The van der Waals surface area contributed by atoms with E-state index in [0.29, 0.717) is 5.75 Å². The van der Waals surface area contributed by atoms with E-state index in [1.54, 1.807) is 25.1 Å². The second-order valence-corrected chi connectivity index (χ2v) is 6.84. The first-order valence-electron chi connectivity index (χ1n) is 5.69. The molecule has 0 amide bonds. The number of carboxylic acids is 1. The fourth-order valence-electron chi connectivity index (χ4n) is 1.66. The number of nitrogens with one attached hydrogen (secondary N) is 1. The summed E-state index contributed by atoms with van der Waals surface area (Å²) < 4.78 is 31.7. The molecule has 2 N–H and O–H groups in total. The van der Waals surface area contributed by atoms with E-state index in [9.17, 15) is 13.2 Å². The van der Waals surface area contributed by atoms with Crippen LogP contribution in [0, 0.1) is 6.92 Å². The lowest BCUT2D eigenvalue weighted by atomic mass is 10.2. The molecule has 0 fully saturated rings. The van der Waals surface area contributed by atoms with Gasteiger partial charge in [-0.1, -0.05) is 6.07 Å². The lowest BCUT2D eigenvalue weighted by Crippen LogP contribution is -2.16. The molecule has 0 aliphatic heterocycles. The summed E-state index contributed by atoms with van der Waals surface area (Å²) in [6.07, 6.45) is 0. The number of benzene rings is 1. The molecule has 21 heavy (non-hydrogen) atoms. The topological polar surface area (TPSA) is 106 Å². The van der Waals surface area contributed by atoms with Crippen molar-refractivity contribution in [2.45, 2.75) is 11.1 Å². The number of methoxy groups -OCH3 is 1. The predicted molar refractivity (Wildman–Crippen MR) is 77.6 cm³/mol. The molecule has 1 heterocycles. The Balaban J connectivity index is 2.45. The Morgan fingerprint density at radius 1 is 1.43 bits per heavy atom. The van der Waals surface area contributed by atoms with Crippen LogP contribution in [0.4, 0.5) is 5.69 Å². The number of rotatable bonds is 5. The summed E-state index contributed by atoms with van der Waals surface area (Å²) in [7, 11) is -2.64. The van der Waals surface area contributed by atoms with Crippen LogP contribution in [-0.2, 0) is 10.0 Å². The van der Waals surface area contributed by atoms with Crippen molar-refractivity contribution < 1.29 is 23.1 Å². The van der Waals surface area contributed by atoms with Gasteiger partial charge < -0.3 is 9.84 Å². The van der Waals surface area contributed by atoms with Crippen molar-refractivity contribution in [3.63, 3.8) is 0 Å². The predicted octanol–water partition coefficient (Wildman–Crippen LogP) is 1.96. The maximum absolute atomic E-state index is 12.3.